The highest BCUT2D eigenvalue weighted by atomic mass is 32.1. The Labute approximate surface area is 155 Å². The summed E-state index contributed by atoms with van der Waals surface area (Å²) in [6.07, 6.45) is 3.76. The zero-order valence-corrected chi connectivity index (χ0v) is 15.0. The smallest absolute Gasteiger partial charge is 0.251 e. The second-order valence-electron chi connectivity index (χ2n) is 5.59. The quantitative estimate of drug-likeness (QED) is 0.648. The fourth-order valence-corrected chi connectivity index (χ4v) is 3.07. The third kappa shape index (κ3) is 4.23. The second kappa shape index (κ2) is 8.23. The molecule has 0 fully saturated rings. The number of carbonyl (C=O) groups is 1. The van der Waals surface area contributed by atoms with Gasteiger partial charge in [0.05, 0.1) is 18.2 Å². The topological polar surface area (TPSA) is 90.7 Å². The highest BCUT2D eigenvalue weighted by molar-refractivity contribution is 7.14. The molecular formula is C19H17N5OS. The van der Waals surface area contributed by atoms with Crippen molar-refractivity contribution in [1.82, 2.24) is 15.3 Å². The van der Waals surface area contributed by atoms with E-state index in [4.69, 9.17) is 5.26 Å². The molecule has 3 rings (SSSR count). The van der Waals surface area contributed by atoms with Gasteiger partial charge in [0.25, 0.3) is 5.91 Å². The van der Waals surface area contributed by atoms with E-state index in [0.717, 1.165) is 27.6 Å². The fourth-order valence-electron chi connectivity index (χ4n) is 2.33. The number of aryl methyl sites for hydroxylation is 1. The average molecular weight is 363 g/mol. The van der Waals surface area contributed by atoms with Crippen LogP contribution >= 0.6 is 11.3 Å². The molecule has 0 spiro atoms. The van der Waals surface area contributed by atoms with E-state index in [1.807, 2.05) is 36.6 Å². The minimum Gasteiger partial charge on any atom is -0.351 e. The number of benzene rings is 1. The largest absolute Gasteiger partial charge is 0.351 e. The molecule has 2 aromatic heterocycles. The number of hydrogen-bond acceptors (Lipinski definition) is 6. The number of pyridine rings is 1. The van der Waals surface area contributed by atoms with Gasteiger partial charge in [-0.15, -0.1) is 11.3 Å². The molecule has 2 N–H and O–H groups in total. The number of amides is 1. The van der Waals surface area contributed by atoms with Crippen LogP contribution in [0.15, 0.2) is 48.1 Å². The van der Waals surface area contributed by atoms with Crippen LogP contribution in [0.3, 0.4) is 0 Å². The normalized spacial score (nSPS) is 10.2. The first-order valence-corrected chi connectivity index (χ1v) is 8.94. The Morgan fingerprint density at radius 3 is 2.85 bits per heavy atom. The van der Waals surface area contributed by atoms with Gasteiger partial charge < -0.3 is 10.6 Å². The molecule has 0 saturated carbocycles. The Balaban J connectivity index is 1.76. The van der Waals surface area contributed by atoms with Crippen LogP contribution in [0.5, 0.6) is 0 Å². The van der Waals surface area contributed by atoms with Crippen LogP contribution in [-0.4, -0.2) is 22.4 Å². The van der Waals surface area contributed by atoms with Gasteiger partial charge in [0.2, 0.25) is 0 Å². The first-order chi connectivity index (χ1) is 12.7. The standard InChI is InChI=1S/C19H17N5OS/c1-13-3-4-15(18(25)22-8-2-7-20)11-16(13)23-19-24-17(12-26-19)14-5-9-21-10-6-14/h3-6,9-12H,2,8H2,1H3,(H,22,25)(H,23,24). The van der Waals surface area contributed by atoms with Gasteiger partial charge in [0.1, 0.15) is 0 Å². The van der Waals surface area contributed by atoms with Crippen molar-refractivity contribution in [3.05, 3.63) is 59.2 Å². The van der Waals surface area contributed by atoms with Crippen LogP contribution in [0.1, 0.15) is 22.3 Å². The van der Waals surface area contributed by atoms with E-state index in [1.165, 1.54) is 11.3 Å². The summed E-state index contributed by atoms with van der Waals surface area (Å²) in [4.78, 5) is 20.8. The molecular weight excluding hydrogens is 346 g/mol. The Hall–Kier alpha value is -3.24. The molecule has 0 aliphatic rings. The number of hydrogen-bond donors (Lipinski definition) is 2. The molecule has 1 amide bonds. The number of aromatic nitrogens is 2. The molecule has 0 saturated heterocycles. The number of nitrogens with one attached hydrogen (secondary N) is 2. The van der Waals surface area contributed by atoms with E-state index in [2.05, 4.69) is 20.6 Å². The number of carbonyl (C=O) groups excluding carboxylic acids is 1. The van der Waals surface area contributed by atoms with Gasteiger partial charge in [-0.3, -0.25) is 9.78 Å². The van der Waals surface area contributed by atoms with Crippen LogP contribution in [0, 0.1) is 18.3 Å². The molecule has 0 unspecified atom stereocenters. The maximum atomic E-state index is 12.2. The van der Waals surface area contributed by atoms with E-state index in [9.17, 15) is 4.79 Å². The maximum Gasteiger partial charge on any atom is 0.251 e. The molecule has 2 heterocycles. The summed E-state index contributed by atoms with van der Waals surface area (Å²) >= 11 is 1.50. The molecule has 0 atom stereocenters. The van der Waals surface area contributed by atoms with E-state index < -0.39 is 0 Å². The number of thiazole rings is 1. The summed E-state index contributed by atoms with van der Waals surface area (Å²) in [6, 6.07) is 11.3. The minimum absolute atomic E-state index is 0.195. The average Bonchev–Trinajstić information content (AvgIpc) is 3.13. The van der Waals surface area contributed by atoms with Crippen molar-refractivity contribution < 1.29 is 4.79 Å². The van der Waals surface area contributed by atoms with Crippen LogP contribution in [0.4, 0.5) is 10.8 Å². The second-order valence-corrected chi connectivity index (χ2v) is 6.45. The summed E-state index contributed by atoms with van der Waals surface area (Å²) in [5, 5.41) is 17.3. The van der Waals surface area contributed by atoms with E-state index in [1.54, 1.807) is 24.5 Å². The maximum absolute atomic E-state index is 12.2. The lowest BCUT2D eigenvalue weighted by atomic mass is 10.1. The molecule has 0 aliphatic heterocycles. The summed E-state index contributed by atoms with van der Waals surface area (Å²) in [5.41, 5.74) is 4.27. The predicted octanol–water partition coefficient (Wildman–Crippen LogP) is 3.90. The van der Waals surface area contributed by atoms with E-state index in [-0.39, 0.29) is 5.91 Å². The molecule has 0 radical (unpaired) electrons. The molecule has 0 aliphatic carbocycles. The Kier molecular flexibility index (Phi) is 5.56. The van der Waals surface area contributed by atoms with Crippen molar-refractivity contribution in [3.8, 4) is 17.3 Å². The zero-order chi connectivity index (χ0) is 18.4. The summed E-state index contributed by atoms with van der Waals surface area (Å²) in [6.45, 7) is 2.31. The summed E-state index contributed by atoms with van der Waals surface area (Å²) in [5.74, 6) is -0.195. The van der Waals surface area contributed by atoms with Crippen molar-refractivity contribution in [2.75, 3.05) is 11.9 Å². The Morgan fingerprint density at radius 2 is 2.08 bits per heavy atom. The Morgan fingerprint density at radius 1 is 1.27 bits per heavy atom. The summed E-state index contributed by atoms with van der Waals surface area (Å²) in [7, 11) is 0. The number of rotatable bonds is 6. The van der Waals surface area contributed by atoms with Gasteiger partial charge in [-0.05, 0) is 36.8 Å². The minimum atomic E-state index is -0.195. The highest BCUT2D eigenvalue weighted by Gasteiger charge is 2.10. The third-order valence-electron chi connectivity index (χ3n) is 3.74. The van der Waals surface area contributed by atoms with E-state index in [0.29, 0.717) is 18.5 Å². The van der Waals surface area contributed by atoms with Crippen LogP contribution in [0.2, 0.25) is 0 Å². The van der Waals surface area contributed by atoms with Gasteiger partial charge in [-0.2, -0.15) is 5.26 Å². The van der Waals surface area contributed by atoms with E-state index >= 15 is 0 Å². The molecule has 1 aromatic carbocycles. The predicted molar refractivity (Wildman–Crippen MR) is 102 cm³/mol. The monoisotopic (exact) mass is 363 g/mol. The van der Waals surface area contributed by atoms with Crippen LogP contribution in [0.25, 0.3) is 11.3 Å². The van der Waals surface area contributed by atoms with Crippen molar-refractivity contribution >= 4 is 28.1 Å². The lowest BCUT2D eigenvalue weighted by Gasteiger charge is -2.10. The molecule has 3 aromatic rings. The van der Waals surface area contributed by atoms with Crippen molar-refractivity contribution in [2.45, 2.75) is 13.3 Å². The van der Waals surface area contributed by atoms with Gasteiger partial charge in [0.15, 0.2) is 5.13 Å². The van der Waals surface area contributed by atoms with Crippen LogP contribution in [-0.2, 0) is 0 Å². The van der Waals surface area contributed by atoms with Crippen molar-refractivity contribution in [2.24, 2.45) is 0 Å². The number of anilines is 2. The highest BCUT2D eigenvalue weighted by Crippen LogP contribution is 2.28. The molecule has 0 bridgehead atoms. The lowest BCUT2D eigenvalue weighted by molar-refractivity contribution is 0.0954. The molecule has 26 heavy (non-hydrogen) atoms. The van der Waals surface area contributed by atoms with Gasteiger partial charge in [-0.25, -0.2) is 4.98 Å². The van der Waals surface area contributed by atoms with Crippen molar-refractivity contribution in [3.63, 3.8) is 0 Å². The third-order valence-corrected chi connectivity index (χ3v) is 4.50. The zero-order valence-electron chi connectivity index (χ0n) is 14.2. The first kappa shape index (κ1) is 17.6. The van der Waals surface area contributed by atoms with Crippen molar-refractivity contribution in [1.29, 1.82) is 5.26 Å². The van der Waals surface area contributed by atoms with Gasteiger partial charge in [-0.1, -0.05) is 6.07 Å². The number of nitriles is 1. The fraction of sp³-hybridized carbons (Fsp3) is 0.158. The lowest BCUT2D eigenvalue weighted by Crippen LogP contribution is -2.24. The summed E-state index contributed by atoms with van der Waals surface area (Å²) < 4.78 is 0. The SMILES string of the molecule is Cc1ccc(C(=O)NCCC#N)cc1Nc1nc(-c2ccncc2)cs1. The molecule has 6 nitrogen and oxygen atoms in total. The van der Waals surface area contributed by atoms with Crippen LogP contribution < -0.4 is 10.6 Å². The first-order valence-electron chi connectivity index (χ1n) is 8.06. The van der Waals surface area contributed by atoms with Gasteiger partial charge >= 0.3 is 0 Å². The molecule has 7 heteroatoms. The Bertz CT molecular complexity index is 946. The van der Waals surface area contributed by atoms with Gasteiger partial charge in [0, 0.05) is 41.1 Å². The molecule has 130 valence electrons. The number of nitrogens with zero attached hydrogens (tertiary/aromatic N) is 3.